The van der Waals surface area contributed by atoms with Crippen molar-refractivity contribution < 1.29 is 0 Å². The molecule has 0 bridgehead atoms. The van der Waals surface area contributed by atoms with E-state index < -0.39 is 0 Å². The fraction of sp³-hybridized carbons (Fsp3) is 0.696. The van der Waals surface area contributed by atoms with Gasteiger partial charge in [-0.15, -0.1) is 24.0 Å². The lowest BCUT2D eigenvalue weighted by molar-refractivity contribution is 0.280. The summed E-state index contributed by atoms with van der Waals surface area (Å²) < 4.78 is 0. The van der Waals surface area contributed by atoms with E-state index in [1.165, 1.54) is 31.6 Å². The lowest BCUT2D eigenvalue weighted by Crippen LogP contribution is -2.43. The van der Waals surface area contributed by atoms with E-state index in [0.717, 1.165) is 51.5 Å². The Morgan fingerprint density at radius 3 is 2.38 bits per heavy atom. The number of likely N-dealkylation sites (N-methyl/N-ethyl adjacent to an activating group) is 1. The fourth-order valence-electron chi connectivity index (χ4n) is 3.99. The molecule has 0 atom stereocenters. The van der Waals surface area contributed by atoms with Gasteiger partial charge in [-0.25, -0.2) is 0 Å². The quantitative estimate of drug-likeness (QED) is 0.300. The topological polar surface area (TPSA) is 42.9 Å². The summed E-state index contributed by atoms with van der Waals surface area (Å²) in [5, 5.41) is 6.98. The summed E-state index contributed by atoms with van der Waals surface area (Å²) >= 11 is 0. The van der Waals surface area contributed by atoms with E-state index in [1.54, 1.807) is 0 Å². The molecular weight excluding hydrogens is 473 g/mol. The van der Waals surface area contributed by atoms with Crippen molar-refractivity contribution in [2.24, 2.45) is 4.99 Å². The predicted molar refractivity (Wildman–Crippen MR) is 137 cm³/mol. The second-order valence-corrected chi connectivity index (χ2v) is 7.97. The van der Waals surface area contributed by atoms with E-state index in [4.69, 9.17) is 4.99 Å². The minimum absolute atomic E-state index is 0. The Morgan fingerprint density at radius 1 is 1.00 bits per heavy atom. The average molecular weight is 516 g/mol. The van der Waals surface area contributed by atoms with E-state index in [0.29, 0.717) is 0 Å². The van der Waals surface area contributed by atoms with Crippen LogP contribution in [0.15, 0.2) is 35.3 Å². The summed E-state index contributed by atoms with van der Waals surface area (Å²) in [5.41, 5.74) is 1.51. The maximum absolute atomic E-state index is 4.98. The predicted octanol–water partition coefficient (Wildman–Crippen LogP) is 3.56. The SMILES string of the molecule is CCNC(=NCC(CC)(CC)c1ccccc1)NCCN1CCCN(C)CC1.I. The van der Waals surface area contributed by atoms with Crippen LogP contribution in [0.5, 0.6) is 0 Å². The Bertz CT molecular complexity index is 574. The molecule has 1 heterocycles. The van der Waals surface area contributed by atoms with Gasteiger partial charge in [0.25, 0.3) is 0 Å². The molecule has 6 heteroatoms. The lowest BCUT2D eigenvalue weighted by Gasteiger charge is -2.31. The van der Waals surface area contributed by atoms with E-state index in [1.807, 2.05) is 0 Å². The Balaban J connectivity index is 0.00000420. The van der Waals surface area contributed by atoms with Crippen LogP contribution in [-0.2, 0) is 5.41 Å². The molecule has 0 saturated carbocycles. The molecule has 1 aliphatic rings. The summed E-state index contributed by atoms with van der Waals surface area (Å²) in [6.07, 6.45) is 3.45. The molecule has 29 heavy (non-hydrogen) atoms. The number of nitrogens with zero attached hydrogens (tertiary/aromatic N) is 3. The van der Waals surface area contributed by atoms with Crippen LogP contribution < -0.4 is 10.6 Å². The molecular formula is C23H42IN5. The summed E-state index contributed by atoms with van der Waals surface area (Å²) in [6.45, 7) is 15.1. The van der Waals surface area contributed by atoms with Crippen LogP contribution in [0.3, 0.4) is 0 Å². The molecule has 0 amide bonds. The monoisotopic (exact) mass is 515 g/mol. The van der Waals surface area contributed by atoms with Gasteiger partial charge in [0.1, 0.15) is 0 Å². The normalized spacial score (nSPS) is 16.8. The summed E-state index contributed by atoms with van der Waals surface area (Å²) in [7, 11) is 2.22. The molecule has 0 spiro atoms. The van der Waals surface area contributed by atoms with E-state index in [2.05, 4.69) is 78.6 Å². The van der Waals surface area contributed by atoms with Crippen molar-refractivity contribution in [1.82, 2.24) is 20.4 Å². The number of nitrogens with one attached hydrogen (secondary N) is 2. The van der Waals surface area contributed by atoms with Crippen molar-refractivity contribution in [2.45, 2.75) is 45.4 Å². The highest BCUT2D eigenvalue weighted by Gasteiger charge is 2.28. The highest BCUT2D eigenvalue weighted by Crippen LogP contribution is 2.31. The van der Waals surface area contributed by atoms with Crippen molar-refractivity contribution in [3.8, 4) is 0 Å². The lowest BCUT2D eigenvalue weighted by atomic mass is 9.76. The van der Waals surface area contributed by atoms with Gasteiger partial charge in [-0.2, -0.15) is 0 Å². The van der Waals surface area contributed by atoms with Gasteiger partial charge in [0.2, 0.25) is 0 Å². The number of halogens is 1. The van der Waals surface area contributed by atoms with E-state index in [9.17, 15) is 0 Å². The van der Waals surface area contributed by atoms with Crippen molar-refractivity contribution in [3.05, 3.63) is 35.9 Å². The van der Waals surface area contributed by atoms with E-state index in [-0.39, 0.29) is 29.4 Å². The molecule has 0 unspecified atom stereocenters. The zero-order valence-electron chi connectivity index (χ0n) is 18.9. The molecule has 1 aromatic rings. The standard InChI is InChI=1S/C23H41N5.HI/c1-5-23(6-2,21-12-9-8-10-13-21)20-26-22(24-7-3)25-14-17-28-16-11-15-27(4)18-19-28;/h8-10,12-13H,5-7,11,14-20H2,1-4H3,(H2,24,25,26);1H. The van der Waals surface area contributed by atoms with Gasteiger partial charge in [0, 0.05) is 38.1 Å². The zero-order valence-corrected chi connectivity index (χ0v) is 21.2. The molecule has 1 aliphatic heterocycles. The van der Waals surface area contributed by atoms with Gasteiger partial charge in [-0.3, -0.25) is 4.99 Å². The van der Waals surface area contributed by atoms with Gasteiger partial charge < -0.3 is 20.4 Å². The van der Waals surface area contributed by atoms with Crippen molar-refractivity contribution in [3.63, 3.8) is 0 Å². The molecule has 1 fully saturated rings. The van der Waals surface area contributed by atoms with Crippen LogP contribution in [-0.4, -0.2) is 75.2 Å². The van der Waals surface area contributed by atoms with Crippen molar-refractivity contribution in [2.75, 3.05) is 59.4 Å². The molecule has 1 saturated heterocycles. The van der Waals surface area contributed by atoms with Crippen LogP contribution >= 0.6 is 24.0 Å². The van der Waals surface area contributed by atoms with Gasteiger partial charge in [-0.05, 0) is 51.9 Å². The fourth-order valence-corrected chi connectivity index (χ4v) is 3.99. The highest BCUT2D eigenvalue weighted by molar-refractivity contribution is 14.0. The Hall–Kier alpha value is -0.860. The molecule has 2 rings (SSSR count). The number of hydrogen-bond donors (Lipinski definition) is 2. The number of benzene rings is 1. The van der Waals surface area contributed by atoms with Crippen LogP contribution in [0.25, 0.3) is 0 Å². The number of guanidine groups is 1. The number of hydrogen-bond acceptors (Lipinski definition) is 3. The van der Waals surface area contributed by atoms with Gasteiger partial charge in [-0.1, -0.05) is 44.2 Å². The van der Waals surface area contributed by atoms with Crippen LogP contribution in [0.1, 0.15) is 45.6 Å². The molecule has 1 aromatic carbocycles. The van der Waals surface area contributed by atoms with Crippen molar-refractivity contribution >= 4 is 29.9 Å². The summed E-state index contributed by atoms with van der Waals surface area (Å²) in [6, 6.07) is 10.9. The molecule has 166 valence electrons. The number of rotatable bonds is 9. The summed E-state index contributed by atoms with van der Waals surface area (Å²) in [4.78, 5) is 9.98. The highest BCUT2D eigenvalue weighted by atomic mass is 127. The Labute approximate surface area is 195 Å². The average Bonchev–Trinajstić information content (AvgIpc) is 2.94. The van der Waals surface area contributed by atoms with Crippen LogP contribution in [0, 0.1) is 0 Å². The largest absolute Gasteiger partial charge is 0.357 e. The van der Waals surface area contributed by atoms with Crippen molar-refractivity contribution in [1.29, 1.82) is 0 Å². The first-order chi connectivity index (χ1) is 13.6. The molecule has 2 N–H and O–H groups in total. The first-order valence-corrected chi connectivity index (χ1v) is 11.1. The van der Waals surface area contributed by atoms with Gasteiger partial charge in [0.15, 0.2) is 5.96 Å². The third kappa shape index (κ3) is 8.42. The second-order valence-electron chi connectivity index (χ2n) is 7.97. The first kappa shape index (κ1) is 26.2. The first-order valence-electron chi connectivity index (χ1n) is 11.1. The smallest absolute Gasteiger partial charge is 0.191 e. The summed E-state index contributed by atoms with van der Waals surface area (Å²) in [5.74, 6) is 0.941. The molecule has 0 aromatic heterocycles. The van der Waals surface area contributed by atoms with E-state index >= 15 is 0 Å². The maximum Gasteiger partial charge on any atom is 0.191 e. The third-order valence-electron chi connectivity index (χ3n) is 6.16. The van der Waals surface area contributed by atoms with Crippen LogP contribution in [0.4, 0.5) is 0 Å². The molecule has 5 nitrogen and oxygen atoms in total. The zero-order chi connectivity index (χ0) is 20.2. The van der Waals surface area contributed by atoms with Gasteiger partial charge in [0.05, 0.1) is 6.54 Å². The van der Waals surface area contributed by atoms with Gasteiger partial charge >= 0.3 is 0 Å². The minimum atomic E-state index is 0. The Kier molecular flexibility index (Phi) is 12.8. The Morgan fingerprint density at radius 2 is 1.72 bits per heavy atom. The third-order valence-corrected chi connectivity index (χ3v) is 6.16. The molecule has 0 aliphatic carbocycles. The second kappa shape index (κ2) is 14.2. The van der Waals surface area contributed by atoms with Crippen LogP contribution in [0.2, 0.25) is 0 Å². The minimum Gasteiger partial charge on any atom is -0.357 e. The molecule has 0 radical (unpaired) electrons. The maximum atomic E-state index is 4.98. The number of aliphatic imine (C=N–C) groups is 1.